The number of carbonyl (C=O) groups is 1. The number of ether oxygens (including phenoxy) is 1. The molecule has 6 heteroatoms. The van der Waals surface area contributed by atoms with E-state index in [1.54, 1.807) is 18.2 Å². The first kappa shape index (κ1) is 16.9. The first-order valence-corrected chi connectivity index (χ1v) is 7.58. The topological polar surface area (TPSA) is 75.8 Å². The van der Waals surface area contributed by atoms with Crippen molar-refractivity contribution < 1.29 is 14.6 Å². The third kappa shape index (κ3) is 2.88. The number of hydrogen-bond acceptors (Lipinski definition) is 3. The zero-order valence-corrected chi connectivity index (χ0v) is 14.3. The summed E-state index contributed by atoms with van der Waals surface area (Å²) in [5.74, 6) is 0.566. The van der Waals surface area contributed by atoms with Gasteiger partial charge in [0, 0.05) is 16.1 Å². The van der Waals surface area contributed by atoms with Gasteiger partial charge in [0.15, 0.2) is 0 Å². The minimum atomic E-state index is -0.941. The van der Waals surface area contributed by atoms with E-state index in [1.165, 1.54) is 4.90 Å². The molecule has 0 bridgehead atoms. The number of nitrogens with two attached hydrogens (primary N) is 1. The van der Waals surface area contributed by atoms with E-state index in [9.17, 15) is 9.90 Å². The predicted octanol–water partition coefficient (Wildman–Crippen LogP) is 3.09. The number of amides is 2. The Kier molecular flexibility index (Phi) is 4.09. The number of primary amides is 1. The fraction of sp³-hybridized carbons (Fsp3) is 0.562. The predicted molar refractivity (Wildman–Crippen MR) is 86.1 cm³/mol. The molecule has 22 heavy (non-hydrogen) atoms. The van der Waals surface area contributed by atoms with Crippen LogP contribution in [-0.2, 0) is 0 Å². The van der Waals surface area contributed by atoms with Crippen LogP contribution in [0.4, 0.5) is 4.79 Å². The summed E-state index contributed by atoms with van der Waals surface area (Å²) in [5.41, 5.74) is 4.78. The summed E-state index contributed by atoms with van der Waals surface area (Å²) in [7, 11) is 0. The normalized spacial score (nSPS) is 23.4. The van der Waals surface area contributed by atoms with Gasteiger partial charge >= 0.3 is 6.03 Å². The van der Waals surface area contributed by atoms with E-state index in [0.717, 1.165) is 0 Å². The zero-order chi connectivity index (χ0) is 16.9. The Morgan fingerprint density at radius 2 is 2.00 bits per heavy atom. The molecule has 0 radical (unpaired) electrons. The van der Waals surface area contributed by atoms with E-state index >= 15 is 0 Å². The van der Waals surface area contributed by atoms with Crippen LogP contribution in [-0.4, -0.2) is 33.2 Å². The second-order valence-corrected chi connectivity index (χ2v) is 7.59. The summed E-state index contributed by atoms with van der Waals surface area (Å²) < 4.78 is 6.02. The Morgan fingerprint density at radius 3 is 2.50 bits per heavy atom. The maximum atomic E-state index is 12.0. The van der Waals surface area contributed by atoms with E-state index in [0.29, 0.717) is 16.3 Å². The molecule has 0 saturated carbocycles. The van der Waals surface area contributed by atoms with Gasteiger partial charge in [0.1, 0.15) is 23.5 Å². The summed E-state index contributed by atoms with van der Waals surface area (Å²) in [6.07, 6.45) is -0.941. The zero-order valence-electron chi connectivity index (χ0n) is 13.6. The van der Waals surface area contributed by atoms with Gasteiger partial charge in [-0.3, -0.25) is 0 Å². The van der Waals surface area contributed by atoms with Gasteiger partial charge in [0.2, 0.25) is 0 Å². The fourth-order valence-electron chi connectivity index (χ4n) is 3.07. The van der Waals surface area contributed by atoms with Gasteiger partial charge in [-0.1, -0.05) is 11.6 Å². The van der Waals surface area contributed by atoms with Crippen molar-refractivity contribution in [3.8, 4) is 5.75 Å². The molecular weight excluding hydrogens is 304 g/mol. The Balaban J connectivity index is 2.57. The van der Waals surface area contributed by atoms with Crippen LogP contribution < -0.4 is 10.5 Å². The second kappa shape index (κ2) is 5.32. The maximum absolute atomic E-state index is 12.0. The molecule has 122 valence electrons. The first-order chi connectivity index (χ1) is 9.95. The first-order valence-electron chi connectivity index (χ1n) is 7.20. The van der Waals surface area contributed by atoms with Gasteiger partial charge in [0.05, 0.1) is 0 Å². The van der Waals surface area contributed by atoms with Crippen LogP contribution in [0.1, 0.15) is 46.3 Å². The highest BCUT2D eigenvalue weighted by Gasteiger charge is 2.50. The van der Waals surface area contributed by atoms with Crippen LogP contribution in [0, 0.1) is 0 Å². The molecule has 5 nitrogen and oxygen atoms in total. The molecule has 0 aliphatic carbocycles. The largest absolute Gasteiger partial charge is 0.485 e. The third-order valence-electron chi connectivity index (χ3n) is 3.91. The van der Waals surface area contributed by atoms with Crippen LogP contribution in [0.3, 0.4) is 0 Å². The molecule has 1 aliphatic heterocycles. The average molecular weight is 327 g/mol. The average Bonchev–Trinajstić information content (AvgIpc) is 2.33. The van der Waals surface area contributed by atoms with Crippen LogP contribution in [0.25, 0.3) is 0 Å². The minimum Gasteiger partial charge on any atom is -0.485 e. The van der Waals surface area contributed by atoms with Crippen molar-refractivity contribution in [3.05, 3.63) is 28.8 Å². The Bertz CT molecular complexity index is 596. The number of aliphatic hydroxyl groups is 1. The van der Waals surface area contributed by atoms with Gasteiger partial charge in [-0.25, -0.2) is 4.79 Å². The van der Waals surface area contributed by atoms with E-state index in [4.69, 9.17) is 22.1 Å². The molecule has 2 atom stereocenters. The molecule has 0 unspecified atom stereocenters. The lowest BCUT2D eigenvalue weighted by molar-refractivity contribution is -0.0882. The number of fused-ring (bicyclic) bond motifs is 1. The van der Waals surface area contributed by atoms with Crippen LogP contribution in [0.15, 0.2) is 18.2 Å². The monoisotopic (exact) mass is 326 g/mol. The fourth-order valence-corrected chi connectivity index (χ4v) is 3.26. The lowest BCUT2D eigenvalue weighted by Crippen LogP contribution is -2.65. The lowest BCUT2D eigenvalue weighted by Gasteiger charge is -2.51. The van der Waals surface area contributed by atoms with Crippen LogP contribution in [0.2, 0.25) is 5.02 Å². The molecule has 2 rings (SSSR count). The number of aliphatic hydroxyl groups excluding tert-OH is 1. The van der Waals surface area contributed by atoms with E-state index in [-0.39, 0.29) is 0 Å². The summed E-state index contributed by atoms with van der Waals surface area (Å²) in [4.78, 5) is 13.5. The van der Waals surface area contributed by atoms with Crippen molar-refractivity contribution in [3.63, 3.8) is 0 Å². The quantitative estimate of drug-likeness (QED) is 0.832. The van der Waals surface area contributed by atoms with E-state index in [1.807, 2.05) is 34.6 Å². The van der Waals surface area contributed by atoms with Crippen LogP contribution in [0.5, 0.6) is 5.75 Å². The van der Waals surface area contributed by atoms with Crippen molar-refractivity contribution in [1.82, 2.24) is 4.90 Å². The van der Waals surface area contributed by atoms with Crippen molar-refractivity contribution >= 4 is 17.6 Å². The Labute approximate surface area is 136 Å². The number of rotatable bonds is 1. The van der Waals surface area contributed by atoms with Gasteiger partial charge in [0.25, 0.3) is 0 Å². The summed E-state index contributed by atoms with van der Waals surface area (Å²) in [6, 6.07) is 3.87. The highest BCUT2D eigenvalue weighted by atomic mass is 35.5. The maximum Gasteiger partial charge on any atom is 0.315 e. The molecule has 1 aromatic carbocycles. The van der Waals surface area contributed by atoms with Gasteiger partial charge in [-0.15, -0.1) is 0 Å². The standard InChI is InChI=1S/C16H23ClN2O3/c1-15(2,3)19(14(18)21)13-12(20)10-8-9(17)6-7-11(10)22-16(13,4)5/h6-8,12-13,20H,1-5H3,(H2,18,21)/t12-,13+/m0/s1. The number of nitrogens with zero attached hydrogens (tertiary/aromatic N) is 1. The molecule has 2 amide bonds. The number of carbonyl (C=O) groups excluding carboxylic acids is 1. The molecular formula is C16H23ClN2O3. The number of benzene rings is 1. The molecule has 1 aliphatic rings. The van der Waals surface area contributed by atoms with Gasteiger partial charge in [-0.05, 0) is 52.8 Å². The Morgan fingerprint density at radius 1 is 1.41 bits per heavy atom. The second-order valence-electron chi connectivity index (χ2n) is 7.16. The number of halogens is 1. The highest BCUT2D eigenvalue weighted by Crippen LogP contribution is 2.44. The number of hydrogen-bond donors (Lipinski definition) is 2. The van der Waals surface area contributed by atoms with Crippen molar-refractivity contribution in [2.24, 2.45) is 5.73 Å². The summed E-state index contributed by atoms with van der Waals surface area (Å²) >= 11 is 6.02. The molecule has 1 heterocycles. The minimum absolute atomic E-state index is 0.501. The lowest BCUT2D eigenvalue weighted by atomic mass is 9.83. The SMILES string of the molecule is CC1(C)Oc2ccc(Cl)cc2[C@H](O)[C@H]1N(C(N)=O)C(C)(C)C. The number of urea groups is 1. The molecule has 0 saturated heterocycles. The molecule has 0 fully saturated rings. The van der Waals surface area contributed by atoms with E-state index < -0.39 is 29.3 Å². The smallest absolute Gasteiger partial charge is 0.315 e. The van der Waals surface area contributed by atoms with Gasteiger partial charge in [-0.2, -0.15) is 0 Å². The summed E-state index contributed by atoms with van der Waals surface area (Å²) in [5, 5.41) is 11.4. The molecule has 1 aromatic rings. The van der Waals surface area contributed by atoms with Crippen molar-refractivity contribution in [1.29, 1.82) is 0 Å². The molecule has 3 N–H and O–H groups in total. The van der Waals surface area contributed by atoms with Crippen LogP contribution >= 0.6 is 11.6 Å². The molecule has 0 aromatic heterocycles. The third-order valence-corrected chi connectivity index (χ3v) is 4.15. The van der Waals surface area contributed by atoms with Crippen molar-refractivity contribution in [2.75, 3.05) is 0 Å². The summed E-state index contributed by atoms with van der Waals surface area (Å²) in [6.45, 7) is 9.27. The Hall–Kier alpha value is -1.46. The van der Waals surface area contributed by atoms with Crippen molar-refractivity contribution in [2.45, 2.75) is 57.9 Å². The molecule has 0 spiro atoms. The highest BCUT2D eigenvalue weighted by molar-refractivity contribution is 6.30. The van der Waals surface area contributed by atoms with Gasteiger partial charge < -0.3 is 20.5 Å². The van der Waals surface area contributed by atoms with E-state index in [2.05, 4.69) is 0 Å².